The van der Waals surface area contributed by atoms with Crippen LogP contribution >= 0.6 is 11.6 Å². The largest absolute Gasteiger partial charge is 0.350 e. The Balaban J connectivity index is 1.94. The number of carbonyl (C=O) groups is 2. The van der Waals surface area contributed by atoms with Gasteiger partial charge in [0.15, 0.2) is 0 Å². The molecule has 2 amide bonds. The zero-order chi connectivity index (χ0) is 17.5. The van der Waals surface area contributed by atoms with Crippen molar-refractivity contribution in [3.63, 3.8) is 0 Å². The van der Waals surface area contributed by atoms with Crippen LogP contribution in [-0.2, 0) is 11.2 Å². The molecule has 2 N–H and O–H groups in total. The first-order valence-electron chi connectivity index (χ1n) is 7.90. The molecule has 0 spiro atoms. The zero-order valence-corrected chi connectivity index (χ0v) is 14.6. The van der Waals surface area contributed by atoms with Gasteiger partial charge in [0.1, 0.15) is 0 Å². The van der Waals surface area contributed by atoms with Crippen LogP contribution in [0.15, 0.2) is 48.5 Å². The Bertz CT molecular complexity index is 729. The van der Waals surface area contributed by atoms with E-state index in [1.54, 1.807) is 24.3 Å². The van der Waals surface area contributed by atoms with Crippen molar-refractivity contribution in [2.75, 3.05) is 5.32 Å². The van der Waals surface area contributed by atoms with Gasteiger partial charge in [-0.1, -0.05) is 35.9 Å². The lowest BCUT2D eigenvalue weighted by Crippen LogP contribution is -2.30. The molecule has 2 aromatic rings. The number of benzene rings is 2. The number of aryl methyl sites for hydroxylation is 1. The van der Waals surface area contributed by atoms with Crippen LogP contribution < -0.4 is 10.6 Å². The average molecular weight is 345 g/mol. The Hall–Kier alpha value is -2.33. The van der Waals surface area contributed by atoms with Gasteiger partial charge in [-0.2, -0.15) is 0 Å². The van der Waals surface area contributed by atoms with Crippen LogP contribution in [-0.4, -0.2) is 17.9 Å². The summed E-state index contributed by atoms with van der Waals surface area (Å²) in [5, 5.41) is 6.31. The second kappa shape index (κ2) is 8.50. The molecule has 0 atom stereocenters. The molecule has 0 heterocycles. The van der Waals surface area contributed by atoms with E-state index in [9.17, 15) is 9.59 Å². The highest BCUT2D eigenvalue weighted by Gasteiger charge is 2.09. The number of amides is 2. The molecule has 24 heavy (non-hydrogen) atoms. The number of rotatable bonds is 6. The third-order valence-corrected chi connectivity index (χ3v) is 3.78. The molecule has 0 saturated carbocycles. The summed E-state index contributed by atoms with van der Waals surface area (Å²) in [4.78, 5) is 24.1. The lowest BCUT2D eigenvalue weighted by Gasteiger charge is -2.10. The fraction of sp³-hybridized carbons (Fsp3) is 0.263. The van der Waals surface area contributed by atoms with Gasteiger partial charge in [0.2, 0.25) is 5.91 Å². The van der Waals surface area contributed by atoms with Gasteiger partial charge in [0.05, 0.1) is 0 Å². The summed E-state index contributed by atoms with van der Waals surface area (Å²) >= 11 is 6.09. The summed E-state index contributed by atoms with van der Waals surface area (Å²) in [5.41, 5.74) is 2.07. The number of hydrogen-bond acceptors (Lipinski definition) is 2. The molecular formula is C19H21ClN2O2. The maximum Gasteiger partial charge on any atom is 0.251 e. The molecule has 0 aliphatic carbocycles. The first-order valence-corrected chi connectivity index (χ1v) is 8.27. The highest BCUT2D eigenvalue weighted by atomic mass is 35.5. The third-order valence-electron chi connectivity index (χ3n) is 3.41. The van der Waals surface area contributed by atoms with Crippen molar-refractivity contribution < 1.29 is 9.59 Å². The molecule has 2 rings (SSSR count). The molecule has 4 nitrogen and oxygen atoms in total. The quantitative estimate of drug-likeness (QED) is 0.830. The van der Waals surface area contributed by atoms with Crippen molar-refractivity contribution in [2.24, 2.45) is 0 Å². The Morgan fingerprint density at radius 3 is 2.54 bits per heavy atom. The van der Waals surface area contributed by atoms with Gasteiger partial charge in [-0.3, -0.25) is 9.59 Å². The molecule has 0 radical (unpaired) electrons. The van der Waals surface area contributed by atoms with Crippen molar-refractivity contribution >= 4 is 29.1 Å². The average Bonchev–Trinajstić information content (AvgIpc) is 2.54. The van der Waals surface area contributed by atoms with E-state index in [2.05, 4.69) is 10.6 Å². The van der Waals surface area contributed by atoms with E-state index in [1.807, 2.05) is 38.1 Å². The van der Waals surface area contributed by atoms with Crippen LogP contribution in [0.5, 0.6) is 0 Å². The SMILES string of the molecule is CC(C)NC(=O)c1cccc(NC(=O)CCc2ccccc2Cl)c1. The van der Waals surface area contributed by atoms with Gasteiger partial charge in [-0.15, -0.1) is 0 Å². The summed E-state index contributed by atoms with van der Waals surface area (Å²) in [7, 11) is 0. The van der Waals surface area contributed by atoms with Crippen molar-refractivity contribution in [1.82, 2.24) is 5.32 Å². The van der Waals surface area contributed by atoms with Gasteiger partial charge >= 0.3 is 0 Å². The molecular weight excluding hydrogens is 324 g/mol. The minimum absolute atomic E-state index is 0.0615. The monoisotopic (exact) mass is 344 g/mol. The Kier molecular flexibility index (Phi) is 6.38. The molecule has 0 unspecified atom stereocenters. The number of halogens is 1. The molecule has 0 aliphatic rings. The summed E-state index contributed by atoms with van der Waals surface area (Å²) in [6.07, 6.45) is 0.894. The van der Waals surface area contributed by atoms with E-state index in [1.165, 1.54) is 0 Å². The number of nitrogens with one attached hydrogen (secondary N) is 2. The molecule has 0 aliphatic heterocycles. The van der Waals surface area contributed by atoms with Gasteiger partial charge < -0.3 is 10.6 Å². The lowest BCUT2D eigenvalue weighted by molar-refractivity contribution is -0.116. The highest BCUT2D eigenvalue weighted by Crippen LogP contribution is 2.17. The van der Waals surface area contributed by atoms with Crippen LogP contribution in [0, 0.1) is 0 Å². The highest BCUT2D eigenvalue weighted by molar-refractivity contribution is 6.31. The molecule has 5 heteroatoms. The number of anilines is 1. The second-order valence-electron chi connectivity index (χ2n) is 5.85. The number of hydrogen-bond donors (Lipinski definition) is 2. The van der Waals surface area contributed by atoms with Crippen LogP contribution in [0.25, 0.3) is 0 Å². The van der Waals surface area contributed by atoms with Crippen molar-refractivity contribution in [3.05, 3.63) is 64.7 Å². The van der Waals surface area contributed by atoms with Crippen LogP contribution in [0.1, 0.15) is 36.2 Å². The normalized spacial score (nSPS) is 10.5. The smallest absolute Gasteiger partial charge is 0.251 e. The molecule has 2 aromatic carbocycles. The first-order chi connectivity index (χ1) is 11.5. The maximum absolute atomic E-state index is 12.1. The maximum atomic E-state index is 12.1. The molecule has 0 bridgehead atoms. The molecule has 0 saturated heterocycles. The molecule has 0 aromatic heterocycles. The van der Waals surface area contributed by atoms with E-state index in [0.29, 0.717) is 29.1 Å². The van der Waals surface area contributed by atoms with Gasteiger partial charge in [-0.25, -0.2) is 0 Å². The predicted octanol–water partition coefficient (Wildman–Crippen LogP) is 4.05. The minimum atomic E-state index is -0.155. The van der Waals surface area contributed by atoms with Gasteiger partial charge in [-0.05, 0) is 50.1 Å². The van der Waals surface area contributed by atoms with E-state index < -0.39 is 0 Å². The fourth-order valence-electron chi connectivity index (χ4n) is 2.26. The summed E-state index contributed by atoms with van der Waals surface area (Å²) < 4.78 is 0. The van der Waals surface area contributed by atoms with E-state index in [0.717, 1.165) is 5.56 Å². The molecule has 126 valence electrons. The number of carbonyl (C=O) groups excluding carboxylic acids is 2. The van der Waals surface area contributed by atoms with Gasteiger partial charge in [0, 0.05) is 28.7 Å². The minimum Gasteiger partial charge on any atom is -0.350 e. The summed E-state index contributed by atoms with van der Waals surface area (Å²) in [5.74, 6) is -0.270. The predicted molar refractivity (Wildman–Crippen MR) is 97.4 cm³/mol. The van der Waals surface area contributed by atoms with Crippen molar-refractivity contribution in [1.29, 1.82) is 0 Å². The van der Waals surface area contributed by atoms with E-state index >= 15 is 0 Å². The summed E-state index contributed by atoms with van der Waals surface area (Å²) in [6, 6.07) is 14.4. The van der Waals surface area contributed by atoms with Crippen molar-refractivity contribution in [2.45, 2.75) is 32.7 Å². The fourth-order valence-corrected chi connectivity index (χ4v) is 2.49. The standard InChI is InChI=1S/C19H21ClN2O2/c1-13(2)21-19(24)15-7-5-8-16(12-15)22-18(23)11-10-14-6-3-4-9-17(14)20/h3-9,12-13H,10-11H2,1-2H3,(H,21,24)(H,22,23). The Labute approximate surface area is 147 Å². The third kappa shape index (κ3) is 5.39. The lowest BCUT2D eigenvalue weighted by atomic mass is 10.1. The van der Waals surface area contributed by atoms with Crippen LogP contribution in [0.4, 0.5) is 5.69 Å². The summed E-state index contributed by atoms with van der Waals surface area (Å²) in [6.45, 7) is 3.80. The Morgan fingerprint density at radius 1 is 1.08 bits per heavy atom. The second-order valence-corrected chi connectivity index (χ2v) is 6.26. The zero-order valence-electron chi connectivity index (χ0n) is 13.8. The van der Waals surface area contributed by atoms with Gasteiger partial charge in [0.25, 0.3) is 5.91 Å². The van der Waals surface area contributed by atoms with Crippen LogP contribution in [0.2, 0.25) is 5.02 Å². The van der Waals surface area contributed by atoms with Crippen molar-refractivity contribution in [3.8, 4) is 0 Å². The first kappa shape index (κ1) is 18.0. The topological polar surface area (TPSA) is 58.2 Å². The van der Waals surface area contributed by atoms with E-state index in [-0.39, 0.29) is 17.9 Å². The van der Waals surface area contributed by atoms with E-state index in [4.69, 9.17) is 11.6 Å². The van der Waals surface area contributed by atoms with Crippen LogP contribution in [0.3, 0.4) is 0 Å². The Morgan fingerprint density at radius 2 is 1.83 bits per heavy atom. The molecule has 0 fully saturated rings.